The molecule has 0 saturated heterocycles. The van der Waals surface area contributed by atoms with Crippen LogP contribution in [0.15, 0.2) is 42.5 Å². The van der Waals surface area contributed by atoms with E-state index >= 15 is 0 Å². The molecule has 20 heavy (non-hydrogen) atoms. The number of aryl methyl sites for hydroxylation is 2. The second-order valence-corrected chi connectivity index (χ2v) is 4.85. The Morgan fingerprint density at radius 1 is 0.950 bits per heavy atom. The van der Waals surface area contributed by atoms with Crippen LogP contribution in [0.5, 0.6) is 0 Å². The van der Waals surface area contributed by atoms with Crippen LogP contribution in [0.3, 0.4) is 0 Å². The minimum absolute atomic E-state index is 0.0685. The second kappa shape index (κ2) is 5.70. The summed E-state index contributed by atoms with van der Waals surface area (Å²) in [4.78, 5) is 23.8. The van der Waals surface area contributed by atoms with Crippen molar-refractivity contribution in [2.24, 2.45) is 0 Å². The maximum absolute atomic E-state index is 12.2. The lowest BCUT2D eigenvalue weighted by molar-refractivity contribution is 0.101. The van der Waals surface area contributed by atoms with Crippen LogP contribution < -0.4 is 5.32 Å². The first kappa shape index (κ1) is 14.0. The van der Waals surface area contributed by atoms with Gasteiger partial charge in [0.05, 0.1) is 5.69 Å². The van der Waals surface area contributed by atoms with Crippen molar-refractivity contribution in [3.05, 3.63) is 64.7 Å². The zero-order valence-corrected chi connectivity index (χ0v) is 11.9. The highest BCUT2D eigenvalue weighted by Gasteiger charge is 2.11. The van der Waals surface area contributed by atoms with E-state index in [-0.39, 0.29) is 11.7 Å². The van der Waals surface area contributed by atoms with Gasteiger partial charge in [0.15, 0.2) is 5.78 Å². The Morgan fingerprint density at radius 2 is 1.65 bits per heavy atom. The van der Waals surface area contributed by atoms with Gasteiger partial charge in [-0.15, -0.1) is 0 Å². The first-order valence-corrected chi connectivity index (χ1v) is 6.47. The molecule has 2 aromatic rings. The SMILES string of the molecule is CC(=O)c1ccccc1NC(=O)c1ccc(C)c(C)c1. The van der Waals surface area contributed by atoms with E-state index in [0.29, 0.717) is 16.8 Å². The summed E-state index contributed by atoms with van der Waals surface area (Å²) in [6.07, 6.45) is 0. The average molecular weight is 267 g/mol. The van der Waals surface area contributed by atoms with Crippen molar-refractivity contribution < 1.29 is 9.59 Å². The lowest BCUT2D eigenvalue weighted by atomic mass is 10.1. The standard InChI is InChI=1S/C17H17NO2/c1-11-8-9-14(10-12(11)2)17(20)18-16-7-5-4-6-15(16)13(3)19/h4-10H,1-3H3,(H,18,20). The number of benzene rings is 2. The lowest BCUT2D eigenvalue weighted by Crippen LogP contribution is -2.14. The van der Waals surface area contributed by atoms with E-state index < -0.39 is 0 Å². The molecule has 0 unspecified atom stereocenters. The number of hydrogen-bond donors (Lipinski definition) is 1. The Morgan fingerprint density at radius 3 is 2.30 bits per heavy atom. The fourth-order valence-corrected chi connectivity index (χ4v) is 1.98. The number of amides is 1. The molecule has 0 aliphatic heterocycles. The first-order chi connectivity index (χ1) is 9.49. The van der Waals surface area contributed by atoms with E-state index in [0.717, 1.165) is 11.1 Å². The maximum atomic E-state index is 12.2. The van der Waals surface area contributed by atoms with Crippen LogP contribution >= 0.6 is 0 Å². The van der Waals surface area contributed by atoms with Gasteiger partial charge in [-0.3, -0.25) is 9.59 Å². The van der Waals surface area contributed by atoms with Gasteiger partial charge in [-0.1, -0.05) is 18.2 Å². The van der Waals surface area contributed by atoms with E-state index in [9.17, 15) is 9.59 Å². The third-order valence-electron chi connectivity index (χ3n) is 3.32. The van der Waals surface area contributed by atoms with Crippen molar-refractivity contribution in [2.45, 2.75) is 20.8 Å². The van der Waals surface area contributed by atoms with Crippen LogP contribution in [0, 0.1) is 13.8 Å². The lowest BCUT2D eigenvalue weighted by Gasteiger charge is -2.10. The molecule has 0 heterocycles. The summed E-state index contributed by atoms with van der Waals surface area (Å²) < 4.78 is 0. The van der Waals surface area contributed by atoms with Crippen LogP contribution in [0.4, 0.5) is 5.69 Å². The molecule has 0 spiro atoms. The second-order valence-electron chi connectivity index (χ2n) is 4.85. The van der Waals surface area contributed by atoms with E-state index in [1.165, 1.54) is 6.92 Å². The molecule has 0 aromatic heterocycles. The zero-order valence-electron chi connectivity index (χ0n) is 11.9. The number of nitrogens with one attached hydrogen (secondary N) is 1. The fraction of sp³-hybridized carbons (Fsp3) is 0.176. The smallest absolute Gasteiger partial charge is 0.255 e. The van der Waals surface area contributed by atoms with Gasteiger partial charge in [-0.05, 0) is 56.2 Å². The van der Waals surface area contributed by atoms with Crippen molar-refractivity contribution >= 4 is 17.4 Å². The van der Waals surface area contributed by atoms with Crippen LogP contribution in [0.25, 0.3) is 0 Å². The predicted molar refractivity (Wildman–Crippen MR) is 80.3 cm³/mol. The third-order valence-corrected chi connectivity index (χ3v) is 3.32. The molecule has 0 radical (unpaired) electrons. The molecular formula is C17H17NO2. The van der Waals surface area contributed by atoms with Gasteiger partial charge in [-0.25, -0.2) is 0 Å². The summed E-state index contributed by atoms with van der Waals surface area (Å²) in [5.41, 5.74) is 3.86. The number of hydrogen-bond acceptors (Lipinski definition) is 2. The van der Waals surface area contributed by atoms with Crippen LogP contribution in [0.2, 0.25) is 0 Å². The minimum atomic E-state index is -0.207. The van der Waals surface area contributed by atoms with E-state index in [1.54, 1.807) is 30.3 Å². The summed E-state index contributed by atoms with van der Waals surface area (Å²) in [6, 6.07) is 12.6. The van der Waals surface area contributed by atoms with Gasteiger partial charge in [0.25, 0.3) is 5.91 Å². The molecule has 0 fully saturated rings. The molecule has 1 N–H and O–H groups in total. The number of Topliss-reactive ketones (excluding diaryl/α,β-unsaturated/α-hetero) is 1. The maximum Gasteiger partial charge on any atom is 0.255 e. The highest BCUT2D eigenvalue weighted by molar-refractivity contribution is 6.09. The predicted octanol–water partition coefficient (Wildman–Crippen LogP) is 3.76. The molecule has 0 bridgehead atoms. The Hall–Kier alpha value is -2.42. The number of carbonyl (C=O) groups excluding carboxylic acids is 2. The van der Waals surface area contributed by atoms with Gasteiger partial charge in [0.1, 0.15) is 0 Å². The summed E-state index contributed by atoms with van der Waals surface area (Å²) >= 11 is 0. The highest BCUT2D eigenvalue weighted by Crippen LogP contribution is 2.17. The molecule has 1 amide bonds. The Labute approximate surface area is 118 Å². The van der Waals surface area contributed by atoms with Crippen LogP contribution in [-0.2, 0) is 0 Å². The largest absolute Gasteiger partial charge is 0.321 e. The van der Waals surface area contributed by atoms with Crippen molar-refractivity contribution in [3.8, 4) is 0 Å². The Bertz CT molecular complexity index is 674. The van der Waals surface area contributed by atoms with E-state index in [1.807, 2.05) is 26.0 Å². The normalized spacial score (nSPS) is 10.2. The van der Waals surface area contributed by atoms with Crippen LogP contribution in [-0.4, -0.2) is 11.7 Å². The van der Waals surface area contributed by atoms with Gasteiger partial charge in [-0.2, -0.15) is 0 Å². The van der Waals surface area contributed by atoms with Gasteiger partial charge >= 0.3 is 0 Å². The number of ketones is 1. The summed E-state index contributed by atoms with van der Waals surface area (Å²) in [5, 5.41) is 2.80. The van der Waals surface area contributed by atoms with E-state index in [4.69, 9.17) is 0 Å². The molecule has 0 aliphatic carbocycles. The van der Waals surface area contributed by atoms with Gasteiger partial charge < -0.3 is 5.32 Å². The van der Waals surface area contributed by atoms with Crippen molar-refractivity contribution in [1.82, 2.24) is 0 Å². The summed E-state index contributed by atoms with van der Waals surface area (Å²) in [6.45, 7) is 5.46. The molecule has 0 saturated carbocycles. The zero-order chi connectivity index (χ0) is 14.7. The molecule has 102 valence electrons. The number of anilines is 1. The molecule has 3 nitrogen and oxygen atoms in total. The summed E-state index contributed by atoms with van der Waals surface area (Å²) in [5.74, 6) is -0.275. The molecule has 0 aliphatic rings. The molecule has 2 aromatic carbocycles. The van der Waals surface area contributed by atoms with Crippen molar-refractivity contribution in [1.29, 1.82) is 0 Å². The Balaban J connectivity index is 2.28. The number of carbonyl (C=O) groups is 2. The number of rotatable bonds is 3. The molecule has 0 atom stereocenters. The number of para-hydroxylation sites is 1. The first-order valence-electron chi connectivity index (χ1n) is 6.47. The Kier molecular flexibility index (Phi) is 3.99. The van der Waals surface area contributed by atoms with Crippen LogP contribution in [0.1, 0.15) is 38.8 Å². The fourth-order valence-electron chi connectivity index (χ4n) is 1.98. The highest BCUT2D eigenvalue weighted by atomic mass is 16.1. The molecular weight excluding hydrogens is 250 g/mol. The monoisotopic (exact) mass is 267 g/mol. The third kappa shape index (κ3) is 2.94. The van der Waals surface area contributed by atoms with Gasteiger partial charge in [0, 0.05) is 11.1 Å². The minimum Gasteiger partial charge on any atom is -0.321 e. The topological polar surface area (TPSA) is 46.2 Å². The molecule has 2 rings (SSSR count). The van der Waals surface area contributed by atoms with E-state index in [2.05, 4.69) is 5.32 Å². The van der Waals surface area contributed by atoms with Crippen molar-refractivity contribution in [2.75, 3.05) is 5.32 Å². The van der Waals surface area contributed by atoms with Gasteiger partial charge in [0.2, 0.25) is 0 Å². The quantitative estimate of drug-likeness (QED) is 0.861. The molecule has 3 heteroatoms. The average Bonchev–Trinajstić information content (AvgIpc) is 2.42. The van der Waals surface area contributed by atoms with Crippen molar-refractivity contribution in [3.63, 3.8) is 0 Å². The summed E-state index contributed by atoms with van der Waals surface area (Å²) in [7, 11) is 0.